The number of aryl methyl sites for hydroxylation is 1. The Hall–Kier alpha value is -1.51. The Balaban J connectivity index is 2.52. The first-order valence-electron chi connectivity index (χ1n) is 5.10. The zero-order valence-electron chi connectivity index (χ0n) is 9.26. The number of ether oxygens (including phenoxy) is 1. The molecular formula is C12H15NO2. The zero-order chi connectivity index (χ0) is 11.0. The molecule has 0 spiro atoms. The van der Waals surface area contributed by atoms with E-state index in [1.54, 1.807) is 0 Å². The number of nitrogens with one attached hydrogen (secondary N) is 1. The van der Waals surface area contributed by atoms with Crippen molar-refractivity contribution < 1.29 is 9.53 Å². The van der Waals surface area contributed by atoms with Crippen LogP contribution in [0.1, 0.15) is 28.4 Å². The van der Waals surface area contributed by atoms with E-state index in [4.69, 9.17) is 4.74 Å². The molecule has 0 radical (unpaired) electrons. The van der Waals surface area contributed by atoms with E-state index in [1.807, 2.05) is 13.0 Å². The number of hydrogen-bond donors (Lipinski definition) is 1. The van der Waals surface area contributed by atoms with Gasteiger partial charge in [-0.05, 0) is 37.5 Å². The normalized spacial score (nSPS) is 18.2. The van der Waals surface area contributed by atoms with Crippen molar-refractivity contribution >= 4 is 11.7 Å². The summed E-state index contributed by atoms with van der Waals surface area (Å²) in [6.45, 7) is 4.10. The highest BCUT2D eigenvalue weighted by Gasteiger charge is 2.23. The van der Waals surface area contributed by atoms with Crippen LogP contribution < -0.4 is 5.32 Å². The minimum absolute atomic E-state index is 0.267. The molecule has 0 aliphatic carbocycles. The number of anilines is 1. The summed E-state index contributed by atoms with van der Waals surface area (Å²) in [6.07, 6.45) is 0.973. The molecule has 3 nitrogen and oxygen atoms in total. The molecule has 1 N–H and O–H groups in total. The van der Waals surface area contributed by atoms with Crippen molar-refractivity contribution in [3.05, 3.63) is 28.8 Å². The van der Waals surface area contributed by atoms with Crippen molar-refractivity contribution in [1.29, 1.82) is 0 Å². The Morgan fingerprint density at radius 1 is 1.53 bits per heavy atom. The number of fused-ring (bicyclic) bond motifs is 1. The van der Waals surface area contributed by atoms with Gasteiger partial charge in [0, 0.05) is 6.04 Å². The van der Waals surface area contributed by atoms with Gasteiger partial charge >= 0.3 is 5.97 Å². The quantitative estimate of drug-likeness (QED) is 0.714. The number of benzene rings is 1. The Bertz CT molecular complexity index is 412. The third-order valence-corrected chi connectivity index (χ3v) is 2.69. The third kappa shape index (κ3) is 1.69. The SMILES string of the molecule is COC(=O)c1cc(C)cc2c1NC(C)C2. The molecule has 3 heteroatoms. The topological polar surface area (TPSA) is 38.3 Å². The summed E-state index contributed by atoms with van der Waals surface area (Å²) in [5.41, 5.74) is 3.91. The lowest BCUT2D eigenvalue weighted by molar-refractivity contribution is 0.0601. The zero-order valence-corrected chi connectivity index (χ0v) is 9.26. The fourth-order valence-electron chi connectivity index (χ4n) is 2.09. The minimum atomic E-state index is -0.267. The van der Waals surface area contributed by atoms with Crippen LogP contribution in [0.5, 0.6) is 0 Å². The first kappa shape index (κ1) is 10.0. The number of hydrogen-bond acceptors (Lipinski definition) is 3. The van der Waals surface area contributed by atoms with Crippen molar-refractivity contribution in [2.24, 2.45) is 0 Å². The van der Waals surface area contributed by atoms with Crippen molar-refractivity contribution in [3.8, 4) is 0 Å². The molecule has 0 bridgehead atoms. The van der Waals surface area contributed by atoms with Gasteiger partial charge in [0.2, 0.25) is 0 Å². The van der Waals surface area contributed by atoms with Gasteiger partial charge in [-0.2, -0.15) is 0 Å². The van der Waals surface area contributed by atoms with E-state index in [-0.39, 0.29) is 5.97 Å². The molecule has 1 heterocycles. The predicted molar refractivity (Wildman–Crippen MR) is 59.3 cm³/mol. The largest absolute Gasteiger partial charge is 0.465 e. The third-order valence-electron chi connectivity index (χ3n) is 2.69. The van der Waals surface area contributed by atoms with Crippen molar-refractivity contribution in [2.75, 3.05) is 12.4 Å². The first-order valence-corrected chi connectivity index (χ1v) is 5.10. The fraction of sp³-hybridized carbons (Fsp3) is 0.417. The highest BCUT2D eigenvalue weighted by atomic mass is 16.5. The average molecular weight is 205 g/mol. The van der Waals surface area contributed by atoms with Crippen LogP contribution in [0.15, 0.2) is 12.1 Å². The number of carbonyl (C=O) groups excluding carboxylic acids is 1. The van der Waals surface area contributed by atoms with Crippen LogP contribution in [0, 0.1) is 6.92 Å². The average Bonchev–Trinajstić information content (AvgIpc) is 2.55. The van der Waals surface area contributed by atoms with Gasteiger partial charge in [-0.3, -0.25) is 0 Å². The molecule has 0 aromatic heterocycles. The van der Waals surface area contributed by atoms with Gasteiger partial charge in [0.25, 0.3) is 0 Å². The van der Waals surface area contributed by atoms with Gasteiger partial charge < -0.3 is 10.1 Å². The highest BCUT2D eigenvalue weighted by molar-refractivity contribution is 5.97. The summed E-state index contributed by atoms with van der Waals surface area (Å²) in [5.74, 6) is -0.267. The van der Waals surface area contributed by atoms with Gasteiger partial charge in [-0.1, -0.05) is 6.07 Å². The molecule has 80 valence electrons. The van der Waals surface area contributed by atoms with E-state index in [0.29, 0.717) is 11.6 Å². The number of rotatable bonds is 1. The molecule has 1 aliphatic heterocycles. The standard InChI is InChI=1S/C12H15NO2/c1-7-4-9-6-8(2)13-11(9)10(5-7)12(14)15-3/h4-5,8,13H,6H2,1-3H3. The Morgan fingerprint density at radius 2 is 2.27 bits per heavy atom. The van der Waals surface area contributed by atoms with Gasteiger partial charge in [-0.25, -0.2) is 4.79 Å². The predicted octanol–water partition coefficient (Wildman–Crippen LogP) is 2.14. The first-order chi connectivity index (χ1) is 7.11. The summed E-state index contributed by atoms with van der Waals surface area (Å²) >= 11 is 0. The van der Waals surface area contributed by atoms with Crippen LogP contribution in [0.2, 0.25) is 0 Å². The van der Waals surface area contributed by atoms with E-state index < -0.39 is 0 Å². The van der Waals surface area contributed by atoms with E-state index in [1.165, 1.54) is 12.7 Å². The molecule has 15 heavy (non-hydrogen) atoms. The minimum Gasteiger partial charge on any atom is -0.465 e. The van der Waals surface area contributed by atoms with Crippen LogP contribution in [-0.4, -0.2) is 19.1 Å². The molecule has 0 fully saturated rings. The lowest BCUT2D eigenvalue weighted by atomic mass is 10.0. The van der Waals surface area contributed by atoms with Crippen LogP contribution in [0.4, 0.5) is 5.69 Å². The van der Waals surface area contributed by atoms with Crippen molar-refractivity contribution in [2.45, 2.75) is 26.3 Å². The molecule has 1 atom stereocenters. The van der Waals surface area contributed by atoms with Crippen LogP contribution >= 0.6 is 0 Å². The molecule has 0 amide bonds. The van der Waals surface area contributed by atoms with Crippen LogP contribution in [0.25, 0.3) is 0 Å². The molecule has 1 unspecified atom stereocenters. The lowest BCUT2D eigenvalue weighted by Crippen LogP contribution is -2.11. The molecule has 1 aromatic rings. The maximum absolute atomic E-state index is 11.6. The number of carbonyl (C=O) groups is 1. The number of esters is 1. The van der Waals surface area contributed by atoms with E-state index in [2.05, 4.69) is 18.3 Å². The Kier molecular flexibility index (Phi) is 2.39. The highest BCUT2D eigenvalue weighted by Crippen LogP contribution is 2.31. The molecule has 1 aliphatic rings. The van der Waals surface area contributed by atoms with Crippen LogP contribution in [0.3, 0.4) is 0 Å². The summed E-state index contributed by atoms with van der Waals surface area (Å²) in [7, 11) is 1.41. The second kappa shape index (κ2) is 3.57. The van der Waals surface area contributed by atoms with Crippen molar-refractivity contribution in [1.82, 2.24) is 0 Å². The molecule has 1 aromatic carbocycles. The van der Waals surface area contributed by atoms with Crippen LogP contribution in [-0.2, 0) is 11.2 Å². The maximum Gasteiger partial charge on any atom is 0.339 e. The Labute approximate surface area is 89.4 Å². The summed E-state index contributed by atoms with van der Waals surface area (Å²) in [5, 5.41) is 3.31. The van der Waals surface area contributed by atoms with E-state index >= 15 is 0 Å². The van der Waals surface area contributed by atoms with E-state index in [0.717, 1.165) is 17.7 Å². The maximum atomic E-state index is 11.6. The smallest absolute Gasteiger partial charge is 0.339 e. The second-order valence-electron chi connectivity index (χ2n) is 4.09. The fourth-order valence-corrected chi connectivity index (χ4v) is 2.09. The van der Waals surface area contributed by atoms with E-state index in [9.17, 15) is 4.79 Å². The summed E-state index contributed by atoms with van der Waals surface area (Å²) in [4.78, 5) is 11.6. The van der Waals surface area contributed by atoms with Gasteiger partial charge in [0.1, 0.15) is 0 Å². The Morgan fingerprint density at radius 3 is 2.93 bits per heavy atom. The molecule has 0 saturated carbocycles. The van der Waals surface area contributed by atoms with Gasteiger partial charge in [0.15, 0.2) is 0 Å². The summed E-state index contributed by atoms with van der Waals surface area (Å²) < 4.78 is 4.77. The lowest BCUT2D eigenvalue weighted by Gasteiger charge is -2.09. The summed E-state index contributed by atoms with van der Waals surface area (Å²) in [6, 6.07) is 4.39. The monoisotopic (exact) mass is 205 g/mol. The van der Waals surface area contributed by atoms with Gasteiger partial charge in [-0.15, -0.1) is 0 Å². The number of methoxy groups -OCH3 is 1. The van der Waals surface area contributed by atoms with Crippen molar-refractivity contribution in [3.63, 3.8) is 0 Å². The second-order valence-corrected chi connectivity index (χ2v) is 4.09. The molecular weight excluding hydrogens is 190 g/mol. The molecule has 2 rings (SSSR count). The van der Waals surface area contributed by atoms with Gasteiger partial charge in [0.05, 0.1) is 18.4 Å². The molecule has 0 saturated heterocycles.